The average molecular weight is 402 g/mol. The number of aromatic nitrogens is 2. The highest BCUT2D eigenvalue weighted by atomic mass is 127. The molecule has 0 aliphatic heterocycles. The zero-order valence-electron chi connectivity index (χ0n) is 11.6. The van der Waals surface area contributed by atoms with Gasteiger partial charge >= 0.3 is 0 Å². The molecule has 3 nitrogen and oxygen atoms in total. The summed E-state index contributed by atoms with van der Waals surface area (Å²) in [5.41, 5.74) is 2.29. The molecule has 1 heterocycles. The molecule has 20 heavy (non-hydrogen) atoms. The minimum Gasteiger partial charge on any atom is -0.372 e. The summed E-state index contributed by atoms with van der Waals surface area (Å²) >= 11 is 8.22. The molecule has 0 bridgehead atoms. The summed E-state index contributed by atoms with van der Waals surface area (Å²) in [4.78, 5) is 9.29. The van der Waals surface area contributed by atoms with E-state index in [1.54, 1.807) is 0 Å². The van der Waals surface area contributed by atoms with E-state index in [0.29, 0.717) is 0 Å². The Bertz CT molecular complexity index is 584. The highest BCUT2D eigenvalue weighted by Gasteiger charge is 2.11. The summed E-state index contributed by atoms with van der Waals surface area (Å²) in [5.74, 6) is 1.76. The molecule has 106 valence electrons. The first-order valence-electron chi connectivity index (χ1n) is 6.61. The minimum absolute atomic E-state index is 0.722. The van der Waals surface area contributed by atoms with Gasteiger partial charge in [-0.25, -0.2) is 9.97 Å². The van der Waals surface area contributed by atoms with Gasteiger partial charge in [-0.15, -0.1) is 0 Å². The zero-order chi connectivity index (χ0) is 14.5. The van der Waals surface area contributed by atoms with Crippen molar-refractivity contribution < 1.29 is 0 Å². The quantitative estimate of drug-likeness (QED) is 0.758. The highest BCUT2D eigenvalue weighted by molar-refractivity contribution is 14.1. The van der Waals surface area contributed by atoms with E-state index in [9.17, 15) is 0 Å². The number of hydrogen-bond acceptors (Lipinski definition) is 3. The number of halogens is 2. The summed E-state index contributed by atoms with van der Waals surface area (Å²) in [7, 11) is 1.90. The predicted octanol–water partition coefficient (Wildman–Crippen LogP) is 4.32. The Morgan fingerprint density at radius 3 is 2.50 bits per heavy atom. The third kappa shape index (κ3) is 3.82. The molecule has 0 amide bonds. The van der Waals surface area contributed by atoms with Gasteiger partial charge in [-0.2, -0.15) is 0 Å². The van der Waals surface area contributed by atoms with Gasteiger partial charge in [-0.05, 0) is 46.7 Å². The molecule has 0 atom stereocenters. The summed E-state index contributed by atoms with van der Waals surface area (Å²) in [6, 6.07) is 7.83. The lowest BCUT2D eigenvalue weighted by atomic mass is 10.1. The monoisotopic (exact) mass is 401 g/mol. The van der Waals surface area contributed by atoms with Crippen LogP contribution in [0.3, 0.4) is 0 Å². The van der Waals surface area contributed by atoms with Crippen LogP contribution in [0.4, 0.5) is 5.82 Å². The van der Waals surface area contributed by atoms with Crippen LogP contribution in [0.25, 0.3) is 0 Å². The SMILES string of the molecule is CCCc1nc(Cc2ccc(Cl)cc2)nc(NC)c1I. The second-order valence-electron chi connectivity index (χ2n) is 4.55. The Hall–Kier alpha value is -0.880. The van der Waals surface area contributed by atoms with Crippen LogP contribution in [0.15, 0.2) is 24.3 Å². The van der Waals surface area contributed by atoms with E-state index in [4.69, 9.17) is 16.6 Å². The molecule has 0 saturated heterocycles. The zero-order valence-corrected chi connectivity index (χ0v) is 14.5. The van der Waals surface area contributed by atoms with Crippen molar-refractivity contribution in [3.05, 3.63) is 49.9 Å². The fourth-order valence-electron chi connectivity index (χ4n) is 1.98. The molecule has 0 saturated carbocycles. The lowest BCUT2D eigenvalue weighted by Gasteiger charge is -2.11. The van der Waals surface area contributed by atoms with E-state index in [2.05, 4.69) is 39.8 Å². The molecule has 0 aliphatic rings. The number of nitrogens with one attached hydrogen (secondary N) is 1. The molecule has 5 heteroatoms. The van der Waals surface area contributed by atoms with Gasteiger partial charge in [-0.3, -0.25) is 0 Å². The molecule has 2 rings (SSSR count). The van der Waals surface area contributed by atoms with Gasteiger partial charge < -0.3 is 5.32 Å². The maximum atomic E-state index is 5.91. The minimum atomic E-state index is 0.722. The normalized spacial score (nSPS) is 10.6. The summed E-state index contributed by atoms with van der Waals surface area (Å²) in [6.45, 7) is 2.16. The van der Waals surface area contributed by atoms with Gasteiger partial charge in [0, 0.05) is 18.5 Å². The smallest absolute Gasteiger partial charge is 0.143 e. The third-order valence-electron chi connectivity index (χ3n) is 2.97. The average Bonchev–Trinajstić information content (AvgIpc) is 2.45. The highest BCUT2D eigenvalue weighted by Crippen LogP contribution is 2.21. The van der Waals surface area contributed by atoms with Crippen molar-refractivity contribution in [1.29, 1.82) is 0 Å². The number of aryl methyl sites for hydroxylation is 1. The molecule has 2 aromatic rings. The first-order chi connectivity index (χ1) is 9.63. The van der Waals surface area contributed by atoms with Crippen LogP contribution in [0, 0.1) is 3.57 Å². The molecule has 0 radical (unpaired) electrons. The molecule has 1 aromatic heterocycles. The van der Waals surface area contributed by atoms with Crippen molar-refractivity contribution in [2.75, 3.05) is 12.4 Å². The Labute approximate surface area is 138 Å². The topological polar surface area (TPSA) is 37.8 Å². The van der Waals surface area contributed by atoms with Crippen molar-refractivity contribution in [1.82, 2.24) is 9.97 Å². The van der Waals surface area contributed by atoms with Crippen LogP contribution in [-0.2, 0) is 12.8 Å². The van der Waals surface area contributed by atoms with Gasteiger partial charge in [0.05, 0.1) is 9.26 Å². The van der Waals surface area contributed by atoms with E-state index in [0.717, 1.165) is 45.2 Å². The second-order valence-corrected chi connectivity index (χ2v) is 6.07. The molecule has 1 N–H and O–H groups in total. The molecule has 0 spiro atoms. The van der Waals surface area contributed by atoms with E-state index in [1.807, 2.05) is 31.3 Å². The Morgan fingerprint density at radius 1 is 1.20 bits per heavy atom. The van der Waals surface area contributed by atoms with E-state index >= 15 is 0 Å². The summed E-state index contributed by atoms with van der Waals surface area (Å²) in [6.07, 6.45) is 2.78. The van der Waals surface area contributed by atoms with Crippen molar-refractivity contribution >= 4 is 40.0 Å². The van der Waals surface area contributed by atoms with Gasteiger partial charge in [-0.1, -0.05) is 37.1 Å². The molecule has 0 fully saturated rings. The molecular formula is C15H17ClIN3. The summed E-state index contributed by atoms with van der Waals surface area (Å²) < 4.78 is 1.12. The van der Waals surface area contributed by atoms with Crippen LogP contribution >= 0.6 is 34.2 Å². The van der Waals surface area contributed by atoms with Crippen LogP contribution in [0.5, 0.6) is 0 Å². The lowest BCUT2D eigenvalue weighted by molar-refractivity contribution is 0.834. The molecular weight excluding hydrogens is 385 g/mol. The van der Waals surface area contributed by atoms with Crippen LogP contribution in [0.2, 0.25) is 5.02 Å². The largest absolute Gasteiger partial charge is 0.372 e. The van der Waals surface area contributed by atoms with E-state index < -0.39 is 0 Å². The Morgan fingerprint density at radius 2 is 1.90 bits per heavy atom. The Kier molecular flexibility index (Phi) is 5.60. The fraction of sp³-hybridized carbons (Fsp3) is 0.333. The van der Waals surface area contributed by atoms with Crippen molar-refractivity contribution in [3.8, 4) is 0 Å². The van der Waals surface area contributed by atoms with Crippen LogP contribution in [-0.4, -0.2) is 17.0 Å². The van der Waals surface area contributed by atoms with Crippen LogP contribution < -0.4 is 5.32 Å². The first kappa shape index (κ1) is 15.5. The first-order valence-corrected chi connectivity index (χ1v) is 8.07. The van der Waals surface area contributed by atoms with Crippen LogP contribution in [0.1, 0.15) is 30.4 Å². The maximum absolute atomic E-state index is 5.91. The molecule has 1 aromatic carbocycles. The lowest BCUT2D eigenvalue weighted by Crippen LogP contribution is -2.08. The van der Waals surface area contributed by atoms with E-state index in [1.165, 1.54) is 5.56 Å². The third-order valence-corrected chi connectivity index (χ3v) is 4.35. The van der Waals surface area contributed by atoms with E-state index in [-0.39, 0.29) is 0 Å². The number of rotatable bonds is 5. The number of hydrogen-bond donors (Lipinski definition) is 1. The van der Waals surface area contributed by atoms with Crippen molar-refractivity contribution in [2.45, 2.75) is 26.2 Å². The molecule has 0 aliphatic carbocycles. The predicted molar refractivity (Wildman–Crippen MR) is 92.5 cm³/mol. The standard InChI is InChI=1S/C15H17ClIN3/c1-3-4-12-14(17)15(18-2)20-13(19-12)9-10-5-7-11(16)8-6-10/h5-8H,3-4,9H2,1-2H3,(H,18,19,20). The second kappa shape index (κ2) is 7.22. The summed E-state index contributed by atoms with van der Waals surface area (Å²) in [5, 5.41) is 3.90. The maximum Gasteiger partial charge on any atom is 0.143 e. The number of benzene rings is 1. The fourth-order valence-corrected chi connectivity index (χ4v) is 2.88. The van der Waals surface area contributed by atoms with Crippen molar-refractivity contribution in [2.24, 2.45) is 0 Å². The van der Waals surface area contributed by atoms with Gasteiger partial charge in [0.15, 0.2) is 0 Å². The molecule has 0 unspecified atom stereocenters. The number of anilines is 1. The van der Waals surface area contributed by atoms with Gasteiger partial charge in [0.2, 0.25) is 0 Å². The van der Waals surface area contributed by atoms with Crippen molar-refractivity contribution in [3.63, 3.8) is 0 Å². The van der Waals surface area contributed by atoms with Gasteiger partial charge in [0.25, 0.3) is 0 Å². The number of nitrogens with zero attached hydrogens (tertiary/aromatic N) is 2. The van der Waals surface area contributed by atoms with Gasteiger partial charge in [0.1, 0.15) is 11.6 Å². The Balaban J connectivity index is 2.31.